The minimum absolute atomic E-state index is 0.00570. The molecule has 15 heavy (non-hydrogen) atoms. The van der Waals surface area contributed by atoms with Crippen molar-refractivity contribution in [1.82, 2.24) is 0 Å². The number of aliphatic hydroxyl groups excluding tert-OH is 1. The van der Waals surface area contributed by atoms with Gasteiger partial charge in [0.25, 0.3) is 0 Å². The zero-order valence-electron chi connectivity index (χ0n) is 9.00. The summed E-state index contributed by atoms with van der Waals surface area (Å²) in [7, 11) is 1.60. The highest BCUT2D eigenvalue weighted by atomic mass is 16.5. The lowest BCUT2D eigenvalue weighted by molar-refractivity contribution is 0.281. The van der Waals surface area contributed by atoms with Gasteiger partial charge < -0.3 is 9.84 Å². The molecular formula is C13H14O2. The van der Waals surface area contributed by atoms with Crippen LogP contribution in [-0.4, -0.2) is 12.2 Å². The van der Waals surface area contributed by atoms with Crippen LogP contribution < -0.4 is 4.74 Å². The lowest BCUT2D eigenvalue weighted by atomic mass is 10.1. The van der Waals surface area contributed by atoms with E-state index < -0.39 is 0 Å². The summed E-state index contributed by atoms with van der Waals surface area (Å²) in [5.41, 5.74) is 2.39. The molecule has 0 amide bonds. The van der Waals surface area contributed by atoms with Crippen LogP contribution in [0.5, 0.6) is 5.75 Å². The van der Waals surface area contributed by atoms with Crippen LogP contribution in [0, 0.1) is 11.8 Å². The van der Waals surface area contributed by atoms with Crippen molar-refractivity contribution in [3.05, 3.63) is 41.5 Å². The summed E-state index contributed by atoms with van der Waals surface area (Å²) in [6.07, 6.45) is 0. The second kappa shape index (κ2) is 5.23. The molecule has 0 aliphatic heterocycles. The van der Waals surface area contributed by atoms with Crippen LogP contribution in [0.25, 0.3) is 0 Å². The Balaban J connectivity index is 3.13. The van der Waals surface area contributed by atoms with Gasteiger partial charge in [-0.05, 0) is 30.2 Å². The Hall–Kier alpha value is -1.72. The zero-order valence-corrected chi connectivity index (χ0v) is 9.00. The lowest BCUT2D eigenvalue weighted by Gasteiger charge is -2.04. The van der Waals surface area contributed by atoms with Crippen LogP contribution in [0.1, 0.15) is 18.1 Å². The van der Waals surface area contributed by atoms with E-state index in [0.717, 1.165) is 16.7 Å². The van der Waals surface area contributed by atoms with Crippen molar-refractivity contribution in [3.8, 4) is 17.6 Å². The first-order valence-electron chi connectivity index (χ1n) is 4.62. The molecule has 0 radical (unpaired) electrons. The first-order valence-corrected chi connectivity index (χ1v) is 4.62. The summed E-state index contributed by atoms with van der Waals surface area (Å²) in [5.74, 6) is 6.54. The molecule has 0 aliphatic carbocycles. The minimum atomic E-state index is 0.00570. The summed E-state index contributed by atoms with van der Waals surface area (Å²) in [4.78, 5) is 0. The van der Waals surface area contributed by atoms with Gasteiger partial charge in [0, 0.05) is 0 Å². The maximum atomic E-state index is 9.00. The number of benzene rings is 1. The number of allylic oxidation sites excluding steroid dienone is 1. The molecule has 2 heteroatoms. The SMILES string of the molecule is C=C(C)C#Cc1cc(CO)ccc1OC. The molecule has 1 N–H and O–H groups in total. The average Bonchev–Trinajstić information content (AvgIpc) is 2.25. The van der Waals surface area contributed by atoms with Crippen molar-refractivity contribution >= 4 is 0 Å². The van der Waals surface area contributed by atoms with Crippen LogP contribution in [0.15, 0.2) is 30.4 Å². The van der Waals surface area contributed by atoms with Gasteiger partial charge in [-0.3, -0.25) is 0 Å². The molecular weight excluding hydrogens is 188 g/mol. The summed E-state index contributed by atoms with van der Waals surface area (Å²) in [5, 5.41) is 9.00. The molecule has 0 unspecified atom stereocenters. The number of hydrogen-bond donors (Lipinski definition) is 1. The van der Waals surface area contributed by atoms with Crippen molar-refractivity contribution in [2.24, 2.45) is 0 Å². The molecule has 1 aromatic carbocycles. The van der Waals surface area contributed by atoms with Gasteiger partial charge in [0.15, 0.2) is 0 Å². The number of ether oxygens (including phenoxy) is 1. The Morgan fingerprint density at radius 2 is 2.27 bits per heavy atom. The van der Waals surface area contributed by atoms with E-state index in [1.165, 1.54) is 0 Å². The third-order valence-electron chi connectivity index (χ3n) is 1.86. The number of aliphatic hydroxyl groups is 1. The maximum Gasteiger partial charge on any atom is 0.134 e. The Morgan fingerprint density at radius 1 is 1.53 bits per heavy atom. The molecule has 0 aliphatic rings. The topological polar surface area (TPSA) is 29.5 Å². The monoisotopic (exact) mass is 202 g/mol. The summed E-state index contributed by atoms with van der Waals surface area (Å²) in [6.45, 7) is 5.55. The van der Waals surface area contributed by atoms with Gasteiger partial charge in [0.2, 0.25) is 0 Å². The van der Waals surface area contributed by atoms with Gasteiger partial charge in [-0.2, -0.15) is 0 Å². The molecule has 0 spiro atoms. The fourth-order valence-electron chi connectivity index (χ4n) is 1.13. The first-order chi connectivity index (χ1) is 7.17. The van der Waals surface area contributed by atoms with Crippen molar-refractivity contribution in [1.29, 1.82) is 0 Å². The molecule has 0 aromatic heterocycles. The number of rotatable bonds is 2. The van der Waals surface area contributed by atoms with E-state index >= 15 is 0 Å². The van der Waals surface area contributed by atoms with Gasteiger partial charge >= 0.3 is 0 Å². The second-order valence-electron chi connectivity index (χ2n) is 3.22. The fraction of sp³-hybridized carbons (Fsp3) is 0.231. The highest BCUT2D eigenvalue weighted by molar-refractivity contribution is 5.50. The molecule has 0 saturated carbocycles. The Labute approximate surface area is 90.2 Å². The molecule has 0 saturated heterocycles. The smallest absolute Gasteiger partial charge is 0.134 e. The third kappa shape index (κ3) is 3.16. The van der Waals surface area contributed by atoms with Crippen LogP contribution in [0.4, 0.5) is 0 Å². The van der Waals surface area contributed by atoms with Crippen molar-refractivity contribution in [2.45, 2.75) is 13.5 Å². The van der Waals surface area contributed by atoms with E-state index in [-0.39, 0.29) is 6.61 Å². The Bertz CT molecular complexity index is 422. The van der Waals surface area contributed by atoms with Crippen molar-refractivity contribution in [2.75, 3.05) is 7.11 Å². The van der Waals surface area contributed by atoms with Crippen LogP contribution >= 0.6 is 0 Å². The molecule has 78 valence electrons. The molecule has 0 bridgehead atoms. The highest BCUT2D eigenvalue weighted by Crippen LogP contribution is 2.18. The Morgan fingerprint density at radius 3 is 2.80 bits per heavy atom. The number of hydrogen-bond acceptors (Lipinski definition) is 2. The van der Waals surface area contributed by atoms with Crippen LogP contribution in [0.2, 0.25) is 0 Å². The van der Waals surface area contributed by atoms with Gasteiger partial charge in [-0.1, -0.05) is 24.5 Å². The van der Waals surface area contributed by atoms with Crippen LogP contribution in [-0.2, 0) is 6.61 Å². The van der Waals surface area contributed by atoms with Gasteiger partial charge in [0.05, 0.1) is 19.3 Å². The predicted molar refractivity (Wildman–Crippen MR) is 60.6 cm³/mol. The Kier molecular flexibility index (Phi) is 3.96. The highest BCUT2D eigenvalue weighted by Gasteiger charge is 2.00. The van der Waals surface area contributed by atoms with Gasteiger partial charge in [-0.15, -0.1) is 0 Å². The summed E-state index contributed by atoms with van der Waals surface area (Å²) < 4.78 is 5.16. The van der Waals surface area contributed by atoms with E-state index in [1.54, 1.807) is 13.2 Å². The van der Waals surface area contributed by atoms with Gasteiger partial charge in [0.1, 0.15) is 5.75 Å². The molecule has 1 rings (SSSR count). The number of methoxy groups -OCH3 is 1. The molecule has 0 heterocycles. The first kappa shape index (κ1) is 11.4. The van der Waals surface area contributed by atoms with Crippen molar-refractivity contribution in [3.63, 3.8) is 0 Å². The quantitative estimate of drug-likeness (QED) is 0.744. The van der Waals surface area contributed by atoms with Crippen molar-refractivity contribution < 1.29 is 9.84 Å². The molecule has 2 nitrogen and oxygen atoms in total. The van der Waals surface area contributed by atoms with E-state index in [4.69, 9.17) is 9.84 Å². The predicted octanol–water partition coefficient (Wildman–Crippen LogP) is 2.12. The average molecular weight is 202 g/mol. The van der Waals surface area contributed by atoms with E-state index in [2.05, 4.69) is 18.4 Å². The zero-order chi connectivity index (χ0) is 11.3. The third-order valence-corrected chi connectivity index (χ3v) is 1.86. The van der Waals surface area contributed by atoms with E-state index in [0.29, 0.717) is 5.75 Å². The summed E-state index contributed by atoms with van der Waals surface area (Å²) in [6, 6.07) is 5.42. The molecule has 1 aromatic rings. The largest absolute Gasteiger partial charge is 0.495 e. The summed E-state index contributed by atoms with van der Waals surface area (Å²) >= 11 is 0. The van der Waals surface area contributed by atoms with Gasteiger partial charge in [-0.25, -0.2) is 0 Å². The lowest BCUT2D eigenvalue weighted by Crippen LogP contribution is -1.91. The molecule has 0 fully saturated rings. The fourth-order valence-corrected chi connectivity index (χ4v) is 1.13. The van der Waals surface area contributed by atoms with Crippen LogP contribution in [0.3, 0.4) is 0 Å². The molecule has 0 atom stereocenters. The van der Waals surface area contributed by atoms with E-state index in [9.17, 15) is 0 Å². The standard InChI is InChI=1S/C13H14O2/c1-10(2)4-6-12-8-11(9-14)5-7-13(12)15-3/h5,7-8,14H,1,9H2,2-3H3. The second-order valence-corrected chi connectivity index (χ2v) is 3.22. The normalized spacial score (nSPS) is 9.00. The maximum absolute atomic E-state index is 9.00. The minimum Gasteiger partial charge on any atom is -0.495 e. The van der Waals surface area contributed by atoms with E-state index in [1.807, 2.05) is 19.1 Å².